The Hall–Kier alpha value is -1.18. The fourth-order valence-corrected chi connectivity index (χ4v) is 1.94. The predicted octanol–water partition coefficient (Wildman–Crippen LogP) is 5.35. The molecule has 2 aromatic rings. The summed E-state index contributed by atoms with van der Waals surface area (Å²) >= 11 is 12.3. The molecule has 88 valence electrons. The van der Waals surface area contributed by atoms with Crippen LogP contribution in [0, 0.1) is 13.8 Å². The van der Waals surface area contributed by atoms with E-state index in [1.165, 1.54) is 0 Å². The molecule has 0 unspecified atom stereocenters. The number of hydrogen-bond donors (Lipinski definition) is 1. The quantitative estimate of drug-likeness (QED) is 0.772. The lowest BCUT2D eigenvalue weighted by molar-refractivity contribution is 1.42. The van der Waals surface area contributed by atoms with Crippen molar-refractivity contribution in [2.45, 2.75) is 13.8 Å². The molecule has 0 atom stereocenters. The van der Waals surface area contributed by atoms with Gasteiger partial charge in [-0.05, 0) is 49.2 Å². The second-order valence-electron chi connectivity index (χ2n) is 4.09. The van der Waals surface area contributed by atoms with Crippen LogP contribution in [0.4, 0.5) is 11.4 Å². The van der Waals surface area contributed by atoms with E-state index in [-0.39, 0.29) is 0 Å². The molecule has 1 N–H and O–H groups in total. The van der Waals surface area contributed by atoms with E-state index in [9.17, 15) is 0 Å². The lowest BCUT2D eigenvalue weighted by Gasteiger charge is -2.11. The third kappa shape index (κ3) is 2.93. The van der Waals surface area contributed by atoms with Gasteiger partial charge in [0.25, 0.3) is 0 Å². The number of rotatable bonds is 2. The van der Waals surface area contributed by atoms with Crippen molar-refractivity contribution in [1.29, 1.82) is 0 Å². The zero-order chi connectivity index (χ0) is 12.4. The third-order valence-electron chi connectivity index (χ3n) is 2.51. The van der Waals surface area contributed by atoms with Crippen molar-refractivity contribution in [2.75, 3.05) is 5.32 Å². The minimum Gasteiger partial charge on any atom is -0.353 e. The van der Waals surface area contributed by atoms with Crippen molar-refractivity contribution in [2.24, 2.45) is 0 Å². The maximum Gasteiger partial charge on any atom is 0.0641 e. The number of aryl methyl sites for hydroxylation is 2. The summed E-state index contributed by atoms with van der Waals surface area (Å²) in [5, 5.41) is 4.63. The SMILES string of the molecule is Cc1ccc(Cl)c(Nc2cc(C)ccc2Cl)c1. The summed E-state index contributed by atoms with van der Waals surface area (Å²) in [5.74, 6) is 0. The lowest BCUT2D eigenvalue weighted by Crippen LogP contribution is -1.93. The minimum absolute atomic E-state index is 0.688. The molecule has 2 aromatic carbocycles. The van der Waals surface area contributed by atoms with Gasteiger partial charge in [0.2, 0.25) is 0 Å². The molecule has 0 spiro atoms. The first-order valence-corrected chi connectivity index (χ1v) is 6.11. The molecule has 0 aromatic heterocycles. The van der Waals surface area contributed by atoms with E-state index in [0.29, 0.717) is 10.0 Å². The van der Waals surface area contributed by atoms with Gasteiger partial charge in [-0.3, -0.25) is 0 Å². The van der Waals surface area contributed by atoms with E-state index in [0.717, 1.165) is 22.5 Å². The van der Waals surface area contributed by atoms with Gasteiger partial charge in [0.1, 0.15) is 0 Å². The first-order valence-electron chi connectivity index (χ1n) is 5.35. The molecule has 0 fully saturated rings. The number of hydrogen-bond acceptors (Lipinski definition) is 1. The van der Waals surface area contributed by atoms with Crippen LogP contribution in [0.15, 0.2) is 36.4 Å². The summed E-state index contributed by atoms with van der Waals surface area (Å²) in [6.07, 6.45) is 0. The number of anilines is 2. The van der Waals surface area contributed by atoms with Crippen molar-refractivity contribution in [3.05, 3.63) is 57.6 Å². The molecule has 0 saturated heterocycles. The van der Waals surface area contributed by atoms with Gasteiger partial charge >= 0.3 is 0 Å². The molecular weight excluding hydrogens is 253 g/mol. The Labute approximate surface area is 111 Å². The molecule has 3 heteroatoms. The van der Waals surface area contributed by atoms with E-state index in [1.807, 2.05) is 50.2 Å². The van der Waals surface area contributed by atoms with E-state index in [2.05, 4.69) is 5.32 Å². The zero-order valence-corrected chi connectivity index (χ0v) is 11.2. The molecule has 2 rings (SSSR count). The number of nitrogens with one attached hydrogen (secondary N) is 1. The summed E-state index contributed by atoms with van der Waals surface area (Å²) in [6, 6.07) is 11.7. The van der Waals surface area contributed by atoms with Crippen LogP contribution < -0.4 is 5.32 Å². The Morgan fingerprint density at radius 1 is 0.765 bits per heavy atom. The Morgan fingerprint density at radius 2 is 1.18 bits per heavy atom. The lowest BCUT2D eigenvalue weighted by atomic mass is 10.2. The first-order chi connectivity index (χ1) is 8.06. The van der Waals surface area contributed by atoms with Crippen LogP contribution >= 0.6 is 23.2 Å². The van der Waals surface area contributed by atoms with E-state index in [1.54, 1.807) is 0 Å². The average molecular weight is 266 g/mol. The minimum atomic E-state index is 0.688. The first kappa shape index (κ1) is 12.3. The third-order valence-corrected chi connectivity index (χ3v) is 3.17. The standard InChI is InChI=1S/C14H13Cl2N/c1-9-3-5-11(15)13(7-9)17-14-8-10(2)4-6-12(14)16/h3-8,17H,1-2H3. The molecule has 0 bridgehead atoms. The topological polar surface area (TPSA) is 12.0 Å². The van der Waals surface area contributed by atoms with E-state index < -0.39 is 0 Å². The van der Waals surface area contributed by atoms with Crippen molar-refractivity contribution in [3.63, 3.8) is 0 Å². The maximum atomic E-state index is 6.13. The van der Waals surface area contributed by atoms with Gasteiger partial charge in [-0.15, -0.1) is 0 Å². The molecule has 0 aliphatic heterocycles. The molecule has 0 amide bonds. The molecule has 0 aliphatic carbocycles. The van der Waals surface area contributed by atoms with Gasteiger partial charge in [0, 0.05) is 0 Å². The molecule has 0 aliphatic rings. The monoisotopic (exact) mass is 265 g/mol. The van der Waals surface area contributed by atoms with Gasteiger partial charge in [0.15, 0.2) is 0 Å². The Kier molecular flexibility index (Phi) is 3.60. The normalized spacial score (nSPS) is 10.4. The van der Waals surface area contributed by atoms with E-state index >= 15 is 0 Å². The van der Waals surface area contributed by atoms with Crippen LogP contribution in [0.3, 0.4) is 0 Å². The van der Waals surface area contributed by atoms with Crippen LogP contribution in [-0.2, 0) is 0 Å². The molecular formula is C14H13Cl2N. The summed E-state index contributed by atoms with van der Waals surface area (Å²) in [5.41, 5.74) is 4.06. The smallest absolute Gasteiger partial charge is 0.0641 e. The molecule has 0 heterocycles. The Balaban J connectivity index is 2.37. The van der Waals surface area contributed by atoms with Crippen molar-refractivity contribution >= 4 is 34.6 Å². The van der Waals surface area contributed by atoms with Gasteiger partial charge in [-0.2, -0.15) is 0 Å². The van der Waals surface area contributed by atoms with Crippen molar-refractivity contribution in [1.82, 2.24) is 0 Å². The molecule has 0 radical (unpaired) electrons. The predicted molar refractivity (Wildman–Crippen MR) is 75.7 cm³/mol. The largest absolute Gasteiger partial charge is 0.353 e. The highest BCUT2D eigenvalue weighted by molar-refractivity contribution is 6.34. The molecule has 1 nitrogen and oxygen atoms in total. The Morgan fingerprint density at radius 3 is 1.59 bits per heavy atom. The number of halogens is 2. The fourth-order valence-electron chi connectivity index (χ4n) is 1.61. The van der Waals surface area contributed by atoms with Crippen LogP contribution in [0.5, 0.6) is 0 Å². The maximum absolute atomic E-state index is 6.13. The van der Waals surface area contributed by atoms with E-state index in [4.69, 9.17) is 23.2 Å². The molecule has 0 saturated carbocycles. The molecule has 17 heavy (non-hydrogen) atoms. The van der Waals surface area contributed by atoms with Crippen LogP contribution in [-0.4, -0.2) is 0 Å². The summed E-state index contributed by atoms with van der Waals surface area (Å²) in [7, 11) is 0. The summed E-state index contributed by atoms with van der Waals surface area (Å²) < 4.78 is 0. The van der Waals surface area contributed by atoms with Crippen molar-refractivity contribution in [3.8, 4) is 0 Å². The number of benzene rings is 2. The Bertz CT molecular complexity index is 500. The van der Waals surface area contributed by atoms with Gasteiger partial charge in [0.05, 0.1) is 21.4 Å². The van der Waals surface area contributed by atoms with Gasteiger partial charge in [-0.25, -0.2) is 0 Å². The highest BCUT2D eigenvalue weighted by Gasteiger charge is 2.04. The second kappa shape index (κ2) is 4.99. The fraction of sp³-hybridized carbons (Fsp3) is 0.143. The van der Waals surface area contributed by atoms with Crippen LogP contribution in [0.25, 0.3) is 0 Å². The van der Waals surface area contributed by atoms with Gasteiger partial charge in [-0.1, -0.05) is 35.3 Å². The second-order valence-corrected chi connectivity index (χ2v) is 4.91. The average Bonchev–Trinajstić information content (AvgIpc) is 2.28. The summed E-state index contributed by atoms with van der Waals surface area (Å²) in [4.78, 5) is 0. The highest BCUT2D eigenvalue weighted by Crippen LogP contribution is 2.30. The highest BCUT2D eigenvalue weighted by atomic mass is 35.5. The zero-order valence-electron chi connectivity index (χ0n) is 9.72. The van der Waals surface area contributed by atoms with Crippen LogP contribution in [0.2, 0.25) is 10.0 Å². The summed E-state index contributed by atoms with van der Waals surface area (Å²) in [6.45, 7) is 4.05. The van der Waals surface area contributed by atoms with Crippen molar-refractivity contribution < 1.29 is 0 Å². The van der Waals surface area contributed by atoms with Crippen LogP contribution in [0.1, 0.15) is 11.1 Å². The van der Waals surface area contributed by atoms with Gasteiger partial charge < -0.3 is 5.32 Å².